The zero-order valence-electron chi connectivity index (χ0n) is 18.6. The van der Waals surface area contributed by atoms with E-state index in [4.69, 9.17) is 4.74 Å². The second-order valence-electron chi connectivity index (χ2n) is 7.96. The van der Waals surface area contributed by atoms with E-state index in [2.05, 4.69) is 20.3 Å². The molecule has 2 heterocycles. The Morgan fingerprint density at radius 3 is 2.77 bits per heavy atom. The first kappa shape index (κ1) is 22.6. The van der Waals surface area contributed by atoms with Gasteiger partial charge >= 0.3 is 0 Å². The number of methoxy groups -OCH3 is 1. The Bertz CT molecular complexity index is 1010. The summed E-state index contributed by atoms with van der Waals surface area (Å²) in [5, 5.41) is 4.19. The molecule has 0 aliphatic rings. The topological polar surface area (TPSA) is 101 Å². The Morgan fingerprint density at radius 1 is 1.23 bits per heavy atom. The van der Waals surface area contributed by atoms with Gasteiger partial charge in [-0.1, -0.05) is 19.8 Å². The number of aromatic amines is 3. The fraction of sp³-hybridized carbons (Fsp3) is 0.458. The number of hydrogen-bond donors (Lipinski definition) is 3. The van der Waals surface area contributed by atoms with Gasteiger partial charge in [-0.15, -0.1) is 0 Å². The molecule has 3 aromatic rings. The van der Waals surface area contributed by atoms with Crippen LogP contribution in [-0.2, 0) is 16.0 Å². The smallest absolute Gasteiger partial charge is 0.274 e. The molecule has 0 unspecified atom stereocenters. The molecule has 4 N–H and O–H groups in total. The number of fused-ring (bicyclic) bond motifs is 1. The van der Waals surface area contributed by atoms with Crippen LogP contribution in [-0.4, -0.2) is 28.8 Å². The van der Waals surface area contributed by atoms with Gasteiger partial charge in [0.15, 0.2) is 0 Å². The lowest BCUT2D eigenvalue weighted by Crippen LogP contribution is -2.33. The van der Waals surface area contributed by atoms with Gasteiger partial charge in [-0.2, -0.15) is 0 Å². The minimum absolute atomic E-state index is 0.0269. The Kier molecular flexibility index (Phi) is 7.87. The van der Waals surface area contributed by atoms with Crippen LogP contribution in [0.3, 0.4) is 0 Å². The molecule has 1 amide bonds. The maximum absolute atomic E-state index is 13.0. The minimum atomic E-state index is -0.121. The average Bonchev–Trinajstić information content (AvgIpc) is 3.40. The standard InChI is InChI=1S/C24H32N4O3/c1-4-17(29)8-6-5-7-9-22(24-25-12-13-26-24)28-23(30)15-19-16(2)27-21-11-10-18(31-3)14-20(19)21/h10-14,22,27H,4-9,15H2,1-3H3,(H,25,26)(H,28,30)/p+1/t22-/m0/s1. The van der Waals surface area contributed by atoms with Gasteiger partial charge in [0.1, 0.15) is 30.0 Å². The lowest BCUT2D eigenvalue weighted by molar-refractivity contribution is -0.392. The Labute approximate surface area is 183 Å². The normalized spacial score (nSPS) is 12.1. The lowest BCUT2D eigenvalue weighted by atomic mass is 10.0. The molecular weight excluding hydrogens is 392 g/mol. The number of nitrogens with one attached hydrogen (secondary N) is 4. The van der Waals surface area contributed by atoms with Crippen molar-refractivity contribution in [2.45, 2.75) is 64.8 Å². The summed E-state index contributed by atoms with van der Waals surface area (Å²) in [4.78, 5) is 34.1. The van der Waals surface area contributed by atoms with Crippen molar-refractivity contribution in [3.8, 4) is 5.75 Å². The third kappa shape index (κ3) is 5.96. The lowest BCUT2D eigenvalue weighted by Gasteiger charge is -2.14. The van der Waals surface area contributed by atoms with E-state index in [0.717, 1.165) is 59.4 Å². The average molecular weight is 426 g/mol. The highest BCUT2D eigenvalue weighted by Gasteiger charge is 2.22. The highest BCUT2D eigenvalue weighted by Crippen LogP contribution is 2.27. The molecule has 0 spiro atoms. The van der Waals surface area contributed by atoms with Crippen molar-refractivity contribution < 1.29 is 19.3 Å². The number of aryl methyl sites for hydroxylation is 1. The van der Waals surface area contributed by atoms with Crippen molar-refractivity contribution in [3.05, 3.63) is 47.7 Å². The van der Waals surface area contributed by atoms with Crippen LogP contribution in [0.4, 0.5) is 0 Å². The third-order valence-electron chi connectivity index (χ3n) is 5.75. The second-order valence-corrected chi connectivity index (χ2v) is 7.96. The maximum atomic E-state index is 13.0. The molecule has 0 fully saturated rings. The Morgan fingerprint density at radius 2 is 2.06 bits per heavy atom. The summed E-state index contributed by atoms with van der Waals surface area (Å²) in [6.07, 6.45) is 8.82. The van der Waals surface area contributed by atoms with E-state index in [1.807, 2.05) is 44.4 Å². The molecule has 1 aromatic carbocycles. The van der Waals surface area contributed by atoms with Crippen LogP contribution < -0.4 is 15.0 Å². The number of benzene rings is 1. The van der Waals surface area contributed by atoms with Crippen LogP contribution >= 0.6 is 0 Å². The molecule has 0 bridgehead atoms. The molecule has 0 radical (unpaired) electrons. The monoisotopic (exact) mass is 425 g/mol. The van der Waals surface area contributed by atoms with Crippen LogP contribution in [0.5, 0.6) is 5.75 Å². The Balaban J connectivity index is 1.63. The number of carbonyl (C=O) groups excluding carboxylic acids is 2. The van der Waals surface area contributed by atoms with Crippen molar-refractivity contribution in [3.63, 3.8) is 0 Å². The summed E-state index contributed by atoms with van der Waals surface area (Å²) >= 11 is 0. The number of unbranched alkanes of at least 4 members (excludes halogenated alkanes) is 2. The van der Waals surface area contributed by atoms with Gasteiger partial charge in [0, 0.05) is 29.4 Å². The van der Waals surface area contributed by atoms with Crippen molar-refractivity contribution in [2.75, 3.05) is 7.11 Å². The molecule has 0 aliphatic heterocycles. The van der Waals surface area contributed by atoms with Gasteiger partial charge in [0.05, 0.1) is 13.5 Å². The van der Waals surface area contributed by atoms with Gasteiger partial charge in [-0.05, 0) is 43.5 Å². The SMILES string of the molecule is CCC(=O)CCCCC[C@H](NC(=O)Cc1c(C)[nH]c2ccc(OC)cc12)c1[nH]cc[nH+]1. The summed E-state index contributed by atoms with van der Waals surface area (Å²) in [6.45, 7) is 3.89. The number of ether oxygens (including phenoxy) is 1. The van der Waals surface area contributed by atoms with Gasteiger partial charge in [-0.25, -0.2) is 9.97 Å². The van der Waals surface area contributed by atoms with E-state index in [0.29, 0.717) is 25.0 Å². The summed E-state index contributed by atoms with van der Waals surface area (Å²) in [6, 6.07) is 5.73. The molecule has 7 nitrogen and oxygen atoms in total. The van der Waals surface area contributed by atoms with E-state index < -0.39 is 0 Å². The number of carbonyl (C=O) groups is 2. The first-order chi connectivity index (χ1) is 15.0. The molecule has 31 heavy (non-hydrogen) atoms. The van der Waals surface area contributed by atoms with Crippen LogP contribution in [0.1, 0.15) is 68.6 Å². The molecule has 2 aromatic heterocycles. The zero-order chi connectivity index (χ0) is 22.2. The van der Waals surface area contributed by atoms with Gasteiger partial charge in [0.2, 0.25) is 5.91 Å². The summed E-state index contributed by atoms with van der Waals surface area (Å²) in [5.41, 5.74) is 2.97. The molecular formula is C24H33N4O3+. The zero-order valence-corrected chi connectivity index (χ0v) is 18.6. The van der Waals surface area contributed by atoms with E-state index in [9.17, 15) is 9.59 Å². The fourth-order valence-electron chi connectivity index (χ4n) is 3.94. The molecule has 0 saturated heterocycles. The highest BCUT2D eigenvalue weighted by molar-refractivity contribution is 5.91. The van der Waals surface area contributed by atoms with Gasteiger partial charge in [-0.3, -0.25) is 9.59 Å². The van der Waals surface area contributed by atoms with E-state index >= 15 is 0 Å². The number of Topliss-reactive ketones (excluding diaryl/α,β-unsaturated/α-hetero) is 1. The minimum Gasteiger partial charge on any atom is -0.497 e. The molecule has 3 rings (SSSR count). The predicted molar refractivity (Wildman–Crippen MR) is 120 cm³/mol. The predicted octanol–water partition coefficient (Wildman–Crippen LogP) is 3.96. The molecule has 0 aliphatic carbocycles. The number of imidazole rings is 1. The second kappa shape index (κ2) is 10.8. The quantitative estimate of drug-likeness (QED) is 0.383. The van der Waals surface area contributed by atoms with E-state index in [1.165, 1.54) is 0 Å². The highest BCUT2D eigenvalue weighted by atomic mass is 16.5. The largest absolute Gasteiger partial charge is 0.497 e. The van der Waals surface area contributed by atoms with Gasteiger partial charge in [0.25, 0.3) is 5.82 Å². The Hall–Kier alpha value is -3.09. The number of rotatable bonds is 12. The van der Waals surface area contributed by atoms with Crippen molar-refractivity contribution >= 4 is 22.6 Å². The van der Waals surface area contributed by atoms with Crippen LogP contribution in [0.25, 0.3) is 10.9 Å². The number of ketones is 1. The molecule has 0 saturated carbocycles. The maximum Gasteiger partial charge on any atom is 0.274 e. The van der Waals surface area contributed by atoms with Crippen LogP contribution in [0.2, 0.25) is 0 Å². The number of hydrogen-bond acceptors (Lipinski definition) is 3. The van der Waals surface area contributed by atoms with Crippen molar-refractivity contribution in [1.29, 1.82) is 0 Å². The molecule has 7 heteroatoms. The molecule has 1 atom stereocenters. The molecule has 166 valence electrons. The first-order valence-electron chi connectivity index (χ1n) is 11.0. The number of amides is 1. The van der Waals surface area contributed by atoms with E-state index in [-0.39, 0.29) is 11.9 Å². The third-order valence-corrected chi connectivity index (χ3v) is 5.75. The number of aromatic nitrogens is 3. The first-order valence-corrected chi connectivity index (χ1v) is 11.0. The fourth-order valence-corrected chi connectivity index (χ4v) is 3.94. The summed E-state index contributed by atoms with van der Waals surface area (Å²) in [5.74, 6) is 1.94. The van der Waals surface area contributed by atoms with Crippen LogP contribution in [0.15, 0.2) is 30.6 Å². The van der Waals surface area contributed by atoms with Gasteiger partial charge < -0.3 is 15.0 Å². The summed E-state index contributed by atoms with van der Waals surface area (Å²) in [7, 11) is 1.64. The van der Waals surface area contributed by atoms with E-state index in [1.54, 1.807) is 7.11 Å². The van der Waals surface area contributed by atoms with Crippen LogP contribution in [0, 0.1) is 6.92 Å². The van der Waals surface area contributed by atoms with Crippen molar-refractivity contribution in [1.82, 2.24) is 15.3 Å². The van der Waals surface area contributed by atoms with Crippen molar-refractivity contribution in [2.24, 2.45) is 0 Å². The summed E-state index contributed by atoms with van der Waals surface area (Å²) < 4.78 is 5.35. The number of H-pyrrole nitrogens is 3.